The lowest BCUT2D eigenvalue weighted by Gasteiger charge is -2.19. The maximum atomic E-state index is 10.9. The first kappa shape index (κ1) is 16.6. The topological polar surface area (TPSA) is 72.3 Å². The first-order chi connectivity index (χ1) is 11.6. The van der Waals surface area contributed by atoms with E-state index in [9.17, 15) is 4.79 Å². The molecule has 2 aromatic rings. The van der Waals surface area contributed by atoms with Crippen LogP contribution in [0.3, 0.4) is 0 Å². The summed E-state index contributed by atoms with van der Waals surface area (Å²) >= 11 is 5.30. The zero-order valence-electron chi connectivity index (χ0n) is 13.6. The van der Waals surface area contributed by atoms with Gasteiger partial charge in [0.1, 0.15) is 5.75 Å². The number of aromatic amines is 1. The highest BCUT2D eigenvalue weighted by Crippen LogP contribution is 2.31. The molecule has 0 spiro atoms. The van der Waals surface area contributed by atoms with Crippen LogP contribution in [0, 0.1) is 4.77 Å². The lowest BCUT2D eigenvalue weighted by Crippen LogP contribution is -2.10. The number of hydrogen-bond acceptors (Lipinski definition) is 5. The average Bonchev–Trinajstić information content (AvgIpc) is 2.95. The number of carbonyl (C=O) groups excluding carboxylic acids is 1. The molecule has 0 bridgehead atoms. The van der Waals surface area contributed by atoms with E-state index in [2.05, 4.69) is 15.3 Å². The van der Waals surface area contributed by atoms with Crippen molar-refractivity contribution in [1.29, 1.82) is 0 Å². The van der Waals surface area contributed by atoms with Gasteiger partial charge in [0.25, 0.3) is 0 Å². The van der Waals surface area contributed by atoms with Crippen molar-refractivity contribution in [2.45, 2.75) is 44.9 Å². The summed E-state index contributed by atoms with van der Waals surface area (Å²) in [6.07, 6.45) is 7.74. The molecule has 126 valence electrons. The van der Waals surface area contributed by atoms with Crippen LogP contribution in [-0.4, -0.2) is 27.1 Å². The molecule has 0 radical (unpaired) electrons. The molecule has 1 aromatic carbocycles. The van der Waals surface area contributed by atoms with Crippen molar-refractivity contribution in [2.24, 2.45) is 5.10 Å². The number of esters is 1. The fourth-order valence-electron chi connectivity index (χ4n) is 2.95. The molecule has 1 fully saturated rings. The first-order valence-corrected chi connectivity index (χ1v) is 8.54. The Morgan fingerprint density at radius 3 is 2.71 bits per heavy atom. The number of benzene rings is 1. The van der Waals surface area contributed by atoms with Crippen LogP contribution >= 0.6 is 12.2 Å². The summed E-state index contributed by atoms with van der Waals surface area (Å²) in [5.74, 6) is 1.50. The Morgan fingerprint density at radius 2 is 2.04 bits per heavy atom. The molecule has 1 saturated carbocycles. The Morgan fingerprint density at radius 1 is 1.33 bits per heavy atom. The molecular formula is C17H20N4O2S. The number of nitrogens with one attached hydrogen (secondary N) is 1. The smallest absolute Gasteiger partial charge is 0.308 e. The lowest BCUT2D eigenvalue weighted by molar-refractivity contribution is -0.131. The molecule has 1 aliphatic carbocycles. The summed E-state index contributed by atoms with van der Waals surface area (Å²) in [7, 11) is 0. The number of nitrogens with zero attached hydrogens (tertiary/aromatic N) is 3. The van der Waals surface area contributed by atoms with Crippen LogP contribution in [0.4, 0.5) is 0 Å². The van der Waals surface area contributed by atoms with E-state index in [4.69, 9.17) is 17.0 Å². The molecule has 3 rings (SSSR count). The molecule has 0 amide bonds. The molecule has 1 heterocycles. The average molecular weight is 344 g/mol. The molecule has 7 heteroatoms. The fraction of sp³-hybridized carbons (Fsp3) is 0.412. The minimum absolute atomic E-state index is 0.335. The van der Waals surface area contributed by atoms with Crippen molar-refractivity contribution < 1.29 is 9.53 Å². The van der Waals surface area contributed by atoms with Crippen LogP contribution in [0.1, 0.15) is 56.3 Å². The third-order valence-electron chi connectivity index (χ3n) is 4.11. The molecule has 0 atom stereocenters. The van der Waals surface area contributed by atoms with Crippen molar-refractivity contribution in [2.75, 3.05) is 0 Å². The van der Waals surface area contributed by atoms with Gasteiger partial charge < -0.3 is 4.74 Å². The maximum absolute atomic E-state index is 10.9. The number of H-pyrrole nitrogens is 1. The summed E-state index contributed by atoms with van der Waals surface area (Å²) in [4.78, 5) is 10.9. The normalized spacial score (nSPS) is 15.7. The van der Waals surface area contributed by atoms with Gasteiger partial charge in [-0.3, -0.25) is 9.89 Å². The quantitative estimate of drug-likeness (QED) is 0.396. The highest BCUT2D eigenvalue weighted by Gasteiger charge is 2.21. The minimum atomic E-state index is -0.335. The predicted octanol–water partition coefficient (Wildman–Crippen LogP) is 3.80. The van der Waals surface area contributed by atoms with Crippen molar-refractivity contribution in [1.82, 2.24) is 14.9 Å². The molecule has 1 N–H and O–H groups in total. The predicted molar refractivity (Wildman–Crippen MR) is 94.0 cm³/mol. The molecule has 1 aliphatic rings. The molecule has 0 unspecified atom stereocenters. The summed E-state index contributed by atoms with van der Waals surface area (Å²) in [6, 6.07) is 7.15. The monoisotopic (exact) mass is 344 g/mol. The van der Waals surface area contributed by atoms with Gasteiger partial charge in [-0.15, -0.1) is 0 Å². The van der Waals surface area contributed by atoms with Gasteiger partial charge >= 0.3 is 5.97 Å². The molecule has 24 heavy (non-hydrogen) atoms. The standard InChI is InChI=1S/C17H20N4O2S/c1-12(22)23-15-9-7-13(8-10-15)11-18-21-16(19-20-17(21)24)14-5-3-2-4-6-14/h7-11,14H,2-6H2,1H3,(H,20,24)/b18-11-. The maximum Gasteiger partial charge on any atom is 0.308 e. The second-order valence-electron chi connectivity index (χ2n) is 5.94. The molecule has 6 nitrogen and oxygen atoms in total. The van der Waals surface area contributed by atoms with Crippen LogP contribution < -0.4 is 4.74 Å². The SMILES string of the molecule is CC(=O)Oc1ccc(/C=N\n2c(C3CCCCC3)n[nH]c2=S)cc1. The molecule has 0 aliphatic heterocycles. The van der Waals surface area contributed by atoms with Gasteiger partial charge in [-0.25, -0.2) is 0 Å². The lowest BCUT2D eigenvalue weighted by atomic mass is 9.89. The third kappa shape index (κ3) is 3.97. The Labute approximate surface area is 145 Å². The van der Waals surface area contributed by atoms with E-state index < -0.39 is 0 Å². The number of rotatable bonds is 4. The van der Waals surface area contributed by atoms with Gasteiger partial charge in [-0.2, -0.15) is 14.9 Å². The Bertz CT molecular complexity index is 786. The van der Waals surface area contributed by atoms with E-state index in [-0.39, 0.29) is 5.97 Å². The highest BCUT2D eigenvalue weighted by molar-refractivity contribution is 7.71. The van der Waals surface area contributed by atoms with Crippen LogP contribution in [-0.2, 0) is 4.79 Å². The fourth-order valence-corrected chi connectivity index (χ4v) is 3.14. The second-order valence-corrected chi connectivity index (χ2v) is 6.33. The van der Waals surface area contributed by atoms with E-state index in [1.165, 1.54) is 26.2 Å². The van der Waals surface area contributed by atoms with Crippen LogP contribution in [0.2, 0.25) is 0 Å². The summed E-state index contributed by atoms with van der Waals surface area (Å²) < 4.78 is 7.23. The Hall–Kier alpha value is -2.28. The zero-order chi connectivity index (χ0) is 16.9. The number of aromatic nitrogens is 3. The van der Waals surface area contributed by atoms with Crippen molar-refractivity contribution in [3.05, 3.63) is 40.4 Å². The largest absolute Gasteiger partial charge is 0.427 e. The Kier molecular flexibility index (Phi) is 5.20. The molecule has 0 saturated heterocycles. The zero-order valence-corrected chi connectivity index (χ0v) is 14.4. The van der Waals surface area contributed by atoms with Gasteiger partial charge in [0.2, 0.25) is 4.77 Å². The first-order valence-electron chi connectivity index (χ1n) is 8.13. The van der Waals surface area contributed by atoms with Gasteiger partial charge in [-0.05, 0) is 54.9 Å². The number of hydrogen-bond donors (Lipinski definition) is 1. The molecular weight excluding hydrogens is 324 g/mol. The summed E-state index contributed by atoms with van der Waals surface area (Å²) in [5.41, 5.74) is 0.892. The molecule has 1 aromatic heterocycles. The van der Waals surface area contributed by atoms with Gasteiger partial charge in [0, 0.05) is 12.8 Å². The number of carbonyl (C=O) groups is 1. The summed E-state index contributed by atoms with van der Waals surface area (Å²) in [6.45, 7) is 1.38. The minimum Gasteiger partial charge on any atom is -0.427 e. The van der Waals surface area contributed by atoms with E-state index in [0.717, 1.165) is 24.2 Å². The number of ether oxygens (including phenoxy) is 1. The Balaban J connectivity index is 1.78. The van der Waals surface area contributed by atoms with Crippen LogP contribution in [0.5, 0.6) is 5.75 Å². The van der Waals surface area contributed by atoms with Crippen molar-refractivity contribution >= 4 is 24.4 Å². The van der Waals surface area contributed by atoms with E-state index in [1.54, 1.807) is 23.0 Å². The van der Waals surface area contributed by atoms with Crippen molar-refractivity contribution in [3.63, 3.8) is 0 Å². The van der Waals surface area contributed by atoms with Gasteiger partial charge in [0.05, 0.1) is 6.21 Å². The third-order valence-corrected chi connectivity index (χ3v) is 4.37. The van der Waals surface area contributed by atoms with Crippen LogP contribution in [0.15, 0.2) is 29.4 Å². The summed E-state index contributed by atoms with van der Waals surface area (Å²) in [5, 5.41) is 11.7. The van der Waals surface area contributed by atoms with E-state index >= 15 is 0 Å². The highest BCUT2D eigenvalue weighted by atomic mass is 32.1. The second kappa shape index (κ2) is 7.53. The van der Waals surface area contributed by atoms with E-state index in [0.29, 0.717) is 16.4 Å². The van der Waals surface area contributed by atoms with Gasteiger partial charge in [-0.1, -0.05) is 19.3 Å². The van der Waals surface area contributed by atoms with Gasteiger partial charge in [0.15, 0.2) is 5.82 Å². The van der Waals surface area contributed by atoms with E-state index in [1.807, 2.05) is 12.1 Å². The van der Waals surface area contributed by atoms with Crippen LogP contribution in [0.25, 0.3) is 0 Å². The van der Waals surface area contributed by atoms with Crippen molar-refractivity contribution in [3.8, 4) is 5.75 Å².